The molecule has 3 aromatic carbocycles. The Morgan fingerprint density at radius 2 is 1.36 bits per heavy atom. The highest BCUT2D eigenvalue weighted by molar-refractivity contribution is 7.90. The fraction of sp³-hybridized carbons (Fsp3) is 0.367. The summed E-state index contributed by atoms with van der Waals surface area (Å²) in [6.45, 7) is 11.2. The van der Waals surface area contributed by atoms with E-state index in [9.17, 15) is 13.2 Å². The van der Waals surface area contributed by atoms with Crippen molar-refractivity contribution >= 4 is 15.9 Å². The second-order valence-corrected chi connectivity index (χ2v) is 12.1. The molecule has 3 rings (SSSR count). The Balaban J connectivity index is 1.91. The quantitative estimate of drug-likeness (QED) is 0.385. The van der Waals surface area contributed by atoms with Crippen molar-refractivity contribution in [2.75, 3.05) is 14.1 Å². The van der Waals surface area contributed by atoms with Crippen LogP contribution < -0.4 is 4.72 Å². The smallest absolute Gasteiger partial charge is 0.264 e. The van der Waals surface area contributed by atoms with E-state index in [-0.39, 0.29) is 23.2 Å². The third-order valence-electron chi connectivity index (χ3n) is 6.27. The first-order valence-electron chi connectivity index (χ1n) is 12.4. The second kappa shape index (κ2) is 11.4. The minimum atomic E-state index is -3.96. The maximum absolute atomic E-state index is 13.1. The van der Waals surface area contributed by atoms with Crippen LogP contribution in [-0.2, 0) is 27.8 Å². The summed E-state index contributed by atoms with van der Waals surface area (Å²) in [5.41, 5.74) is 7.48. The summed E-state index contributed by atoms with van der Waals surface area (Å²) < 4.78 is 28.1. The van der Waals surface area contributed by atoms with E-state index in [1.807, 2.05) is 19.0 Å². The summed E-state index contributed by atoms with van der Waals surface area (Å²) in [6.07, 6.45) is 0.00709. The van der Waals surface area contributed by atoms with Gasteiger partial charge in [-0.1, -0.05) is 81.8 Å². The van der Waals surface area contributed by atoms with Crippen LogP contribution in [0.25, 0.3) is 11.1 Å². The maximum atomic E-state index is 13.1. The molecule has 0 spiro atoms. The lowest BCUT2D eigenvalue weighted by atomic mass is 9.84. The molecule has 6 heteroatoms. The Morgan fingerprint density at radius 1 is 0.833 bits per heavy atom. The van der Waals surface area contributed by atoms with E-state index in [0.29, 0.717) is 6.54 Å². The minimum Gasteiger partial charge on any atom is -0.305 e. The number of carbonyl (C=O) groups excluding carboxylic acids is 1. The van der Waals surface area contributed by atoms with Gasteiger partial charge < -0.3 is 4.90 Å². The SMILES string of the molecule is Cc1ccc(-c2cc(C(C)C)c(CC(=O)NS(=O)(=O)c3ccc(CN(C)C)cc3)c(C(C)C)c2)cc1. The highest BCUT2D eigenvalue weighted by Crippen LogP contribution is 2.34. The number of hydrogen-bond donors (Lipinski definition) is 1. The Kier molecular flexibility index (Phi) is 8.75. The fourth-order valence-electron chi connectivity index (χ4n) is 4.41. The first-order valence-corrected chi connectivity index (χ1v) is 13.9. The zero-order valence-electron chi connectivity index (χ0n) is 22.4. The molecule has 0 aromatic heterocycles. The molecule has 0 atom stereocenters. The van der Waals surface area contributed by atoms with E-state index in [1.165, 1.54) is 5.56 Å². The second-order valence-electron chi connectivity index (χ2n) is 10.4. The molecule has 1 N–H and O–H groups in total. The molecule has 192 valence electrons. The van der Waals surface area contributed by atoms with Gasteiger partial charge in [0.25, 0.3) is 10.0 Å². The van der Waals surface area contributed by atoms with Crippen molar-refractivity contribution < 1.29 is 13.2 Å². The number of carbonyl (C=O) groups is 1. The largest absolute Gasteiger partial charge is 0.305 e. The van der Waals surface area contributed by atoms with E-state index >= 15 is 0 Å². The number of benzene rings is 3. The zero-order chi connectivity index (χ0) is 26.6. The first-order chi connectivity index (χ1) is 16.9. The van der Waals surface area contributed by atoms with Gasteiger partial charge in [0, 0.05) is 6.54 Å². The summed E-state index contributed by atoms with van der Waals surface area (Å²) in [7, 11) is -0.0526. The lowest BCUT2D eigenvalue weighted by Gasteiger charge is -2.22. The number of nitrogens with zero attached hydrogens (tertiary/aromatic N) is 1. The number of rotatable bonds is 9. The highest BCUT2D eigenvalue weighted by atomic mass is 32.2. The van der Waals surface area contributed by atoms with Crippen molar-refractivity contribution in [2.24, 2.45) is 0 Å². The highest BCUT2D eigenvalue weighted by Gasteiger charge is 2.22. The Morgan fingerprint density at radius 3 is 1.83 bits per heavy atom. The summed E-state index contributed by atoms with van der Waals surface area (Å²) in [4.78, 5) is 15.2. The van der Waals surface area contributed by atoms with E-state index in [1.54, 1.807) is 24.3 Å². The van der Waals surface area contributed by atoms with Crippen LogP contribution in [-0.4, -0.2) is 33.3 Å². The average molecular weight is 507 g/mol. The number of sulfonamides is 1. The van der Waals surface area contributed by atoms with Gasteiger partial charge >= 0.3 is 0 Å². The number of nitrogens with one attached hydrogen (secondary N) is 1. The third-order valence-corrected chi connectivity index (χ3v) is 7.66. The monoisotopic (exact) mass is 506 g/mol. The minimum absolute atomic E-state index is 0.00709. The van der Waals surface area contributed by atoms with Crippen LogP contribution in [0.1, 0.15) is 67.3 Å². The normalized spacial score (nSPS) is 11.9. The molecule has 36 heavy (non-hydrogen) atoms. The molecule has 0 aliphatic heterocycles. The van der Waals surface area contributed by atoms with Crippen molar-refractivity contribution in [1.29, 1.82) is 0 Å². The van der Waals surface area contributed by atoms with Crippen LogP contribution in [0.15, 0.2) is 65.6 Å². The molecule has 0 fully saturated rings. The Labute approximate surface area is 216 Å². The van der Waals surface area contributed by atoms with E-state index in [4.69, 9.17) is 0 Å². The summed E-state index contributed by atoms with van der Waals surface area (Å²) in [6, 6.07) is 19.3. The predicted molar refractivity (Wildman–Crippen MR) is 148 cm³/mol. The summed E-state index contributed by atoms with van der Waals surface area (Å²) in [5, 5.41) is 0. The maximum Gasteiger partial charge on any atom is 0.264 e. The number of amides is 1. The third kappa shape index (κ3) is 6.83. The molecule has 3 aromatic rings. The van der Waals surface area contributed by atoms with Crippen LogP contribution in [0, 0.1) is 6.92 Å². The van der Waals surface area contributed by atoms with Crippen LogP contribution in [0.4, 0.5) is 0 Å². The average Bonchev–Trinajstić information content (AvgIpc) is 2.79. The van der Waals surface area contributed by atoms with Gasteiger partial charge in [0.15, 0.2) is 0 Å². The molecule has 0 radical (unpaired) electrons. The van der Waals surface area contributed by atoms with Gasteiger partial charge in [-0.3, -0.25) is 4.79 Å². The van der Waals surface area contributed by atoms with Crippen molar-refractivity contribution in [3.05, 3.63) is 88.5 Å². The van der Waals surface area contributed by atoms with Gasteiger partial charge in [-0.2, -0.15) is 0 Å². The molecule has 0 saturated heterocycles. The standard InChI is InChI=1S/C30H38N2O3S/c1-20(2)27-16-25(24-12-8-22(5)9-13-24)17-28(21(3)4)29(27)18-30(33)31-36(34,35)26-14-10-23(11-15-26)19-32(6)7/h8-17,20-21H,18-19H2,1-7H3,(H,31,33). The van der Waals surface area contributed by atoms with E-state index in [0.717, 1.165) is 33.4 Å². The Hall–Kier alpha value is -2.96. The molecule has 0 bridgehead atoms. The van der Waals surface area contributed by atoms with Crippen molar-refractivity contribution in [1.82, 2.24) is 9.62 Å². The van der Waals surface area contributed by atoms with Gasteiger partial charge in [-0.25, -0.2) is 13.1 Å². The molecule has 0 aliphatic rings. The van der Waals surface area contributed by atoms with Crippen molar-refractivity contribution in [2.45, 2.75) is 64.3 Å². The van der Waals surface area contributed by atoms with Crippen LogP contribution in [0.3, 0.4) is 0 Å². The van der Waals surface area contributed by atoms with E-state index in [2.05, 4.69) is 75.7 Å². The molecule has 5 nitrogen and oxygen atoms in total. The van der Waals surface area contributed by atoms with Gasteiger partial charge in [0.2, 0.25) is 5.91 Å². The lowest BCUT2D eigenvalue weighted by molar-refractivity contribution is -0.118. The first kappa shape index (κ1) is 27.6. The topological polar surface area (TPSA) is 66.5 Å². The van der Waals surface area contributed by atoms with Gasteiger partial charge in [0.05, 0.1) is 11.3 Å². The van der Waals surface area contributed by atoms with Crippen LogP contribution in [0.2, 0.25) is 0 Å². The summed E-state index contributed by atoms with van der Waals surface area (Å²) in [5.74, 6) is -0.174. The zero-order valence-corrected chi connectivity index (χ0v) is 23.2. The molecule has 0 saturated carbocycles. The van der Waals surface area contributed by atoms with Gasteiger partial charge in [0.1, 0.15) is 0 Å². The molecular weight excluding hydrogens is 468 g/mol. The van der Waals surface area contributed by atoms with Crippen molar-refractivity contribution in [3.63, 3.8) is 0 Å². The number of aryl methyl sites for hydroxylation is 1. The van der Waals surface area contributed by atoms with Gasteiger partial charge in [-0.05, 0) is 78.4 Å². The fourth-order valence-corrected chi connectivity index (χ4v) is 5.39. The Bertz CT molecular complexity index is 1280. The molecule has 0 heterocycles. The molecule has 0 unspecified atom stereocenters. The van der Waals surface area contributed by atoms with Crippen molar-refractivity contribution in [3.8, 4) is 11.1 Å². The number of hydrogen-bond acceptors (Lipinski definition) is 4. The van der Waals surface area contributed by atoms with Gasteiger partial charge in [-0.15, -0.1) is 0 Å². The molecular formula is C30H38N2O3S. The van der Waals surface area contributed by atoms with Crippen LogP contribution in [0.5, 0.6) is 0 Å². The summed E-state index contributed by atoms with van der Waals surface area (Å²) >= 11 is 0. The van der Waals surface area contributed by atoms with E-state index < -0.39 is 15.9 Å². The molecule has 0 aliphatic carbocycles. The predicted octanol–water partition coefficient (Wildman–Crippen LogP) is 6.02. The lowest BCUT2D eigenvalue weighted by Crippen LogP contribution is -2.32. The van der Waals surface area contributed by atoms with Crippen LogP contribution >= 0.6 is 0 Å². The molecule has 1 amide bonds.